The number of fused-ring (bicyclic) bond motifs is 1. The monoisotopic (exact) mass is 507 g/mol. The maximum Gasteiger partial charge on any atom is 0.417 e. The van der Waals surface area contributed by atoms with Crippen LogP contribution in [0.1, 0.15) is 30.4 Å². The molecule has 0 bridgehead atoms. The predicted molar refractivity (Wildman–Crippen MR) is 126 cm³/mol. The maximum absolute atomic E-state index is 13.1. The number of hydrogen-bond donors (Lipinski definition) is 1. The highest BCUT2D eigenvalue weighted by molar-refractivity contribution is 6.32. The molecule has 1 amide bonds. The second-order valence-corrected chi connectivity index (χ2v) is 9.48. The van der Waals surface area contributed by atoms with Crippen molar-refractivity contribution in [1.82, 2.24) is 19.9 Å². The summed E-state index contributed by atoms with van der Waals surface area (Å²) in [5, 5.41) is 3.60. The smallest absolute Gasteiger partial charge is 0.379 e. The van der Waals surface area contributed by atoms with Gasteiger partial charge in [0.2, 0.25) is 11.9 Å². The van der Waals surface area contributed by atoms with Gasteiger partial charge in [-0.25, -0.2) is 9.97 Å². The summed E-state index contributed by atoms with van der Waals surface area (Å²) in [6.45, 7) is 4.25. The van der Waals surface area contributed by atoms with Gasteiger partial charge in [-0.3, -0.25) is 9.36 Å². The summed E-state index contributed by atoms with van der Waals surface area (Å²) in [6, 6.07) is 6.03. The minimum atomic E-state index is -4.47. The molecular weight excluding hydrogens is 483 g/mol. The van der Waals surface area contributed by atoms with E-state index in [4.69, 9.17) is 21.3 Å². The number of alkyl halides is 3. The highest BCUT2D eigenvalue weighted by atomic mass is 35.5. The van der Waals surface area contributed by atoms with Crippen LogP contribution in [-0.2, 0) is 15.7 Å². The van der Waals surface area contributed by atoms with Crippen LogP contribution in [-0.4, -0.2) is 52.8 Å². The molecule has 2 aromatic heterocycles. The molecule has 2 fully saturated rings. The Morgan fingerprint density at radius 3 is 2.60 bits per heavy atom. The Morgan fingerprint density at radius 2 is 1.97 bits per heavy atom. The topological polar surface area (TPSA) is 72.3 Å². The van der Waals surface area contributed by atoms with Gasteiger partial charge < -0.3 is 15.0 Å². The summed E-state index contributed by atoms with van der Waals surface area (Å²) in [7, 11) is 0. The van der Waals surface area contributed by atoms with Crippen LogP contribution in [0.2, 0.25) is 5.02 Å². The van der Waals surface area contributed by atoms with E-state index < -0.39 is 11.7 Å². The first-order valence-electron chi connectivity index (χ1n) is 11.6. The number of nitrogens with one attached hydrogen (secondary N) is 1. The molecule has 3 aromatic rings. The first kappa shape index (κ1) is 23.9. The zero-order valence-corrected chi connectivity index (χ0v) is 19.9. The number of piperidine rings is 1. The van der Waals surface area contributed by atoms with Crippen molar-refractivity contribution in [3.63, 3.8) is 0 Å². The van der Waals surface area contributed by atoms with Crippen LogP contribution in [0.15, 0.2) is 30.5 Å². The Kier molecular flexibility index (Phi) is 6.35. The number of carbonyl (C=O) groups excluding carboxylic acids is 1. The molecule has 0 spiro atoms. The molecular formula is C24H25ClF3N5O2. The number of amides is 1. The van der Waals surface area contributed by atoms with Crippen LogP contribution in [0.5, 0.6) is 0 Å². The first-order chi connectivity index (χ1) is 16.7. The zero-order valence-electron chi connectivity index (χ0n) is 19.1. The molecule has 11 heteroatoms. The van der Waals surface area contributed by atoms with Gasteiger partial charge in [0.05, 0.1) is 29.2 Å². The minimum absolute atomic E-state index is 0.0421. The molecule has 0 aliphatic carbocycles. The van der Waals surface area contributed by atoms with Crippen molar-refractivity contribution in [2.45, 2.75) is 38.4 Å². The zero-order chi connectivity index (χ0) is 24.7. The summed E-state index contributed by atoms with van der Waals surface area (Å²) in [4.78, 5) is 23.6. The molecule has 2 aliphatic heterocycles. The van der Waals surface area contributed by atoms with Gasteiger partial charge in [0.25, 0.3) is 0 Å². The number of halogens is 4. The van der Waals surface area contributed by atoms with Gasteiger partial charge in [-0.15, -0.1) is 0 Å². The average Bonchev–Trinajstić information content (AvgIpc) is 3.47. The van der Waals surface area contributed by atoms with E-state index in [2.05, 4.69) is 10.3 Å². The summed E-state index contributed by atoms with van der Waals surface area (Å²) in [6.07, 6.45) is -1.54. The molecule has 4 heterocycles. The lowest BCUT2D eigenvalue weighted by Gasteiger charge is -2.32. The summed E-state index contributed by atoms with van der Waals surface area (Å²) in [5.41, 5.74) is 1.36. The third-order valence-electron chi connectivity index (χ3n) is 6.65. The number of carbonyl (C=O) groups is 1. The number of aryl methyl sites for hydroxylation is 1. The molecule has 1 N–H and O–H groups in total. The van der Waals surface area contributed by atoms with Crippen molar-refractivity contribution in [3.8, 4) is 5.82 Å². The Morgan fingerprint density at radius 1 is 1.20 bits per heavy atom. The van der Waals surface area contributed by atoms with E-state index in [9.17, 15) is 18.0 Å². The molecule has 1 unspecified atom stereocenters. The highest BCUT2D eigenvalue weighted by Crippen LogP contribution is 2.34. The number of nitrogens with zero attached hydrogens (tertiary/aromatic N) is 4. The Balaban J connectivity index is 1.43. The van der Waals surface area contributed by atoms with Gasteiger partial charge >= 0.3 is 6.18 Å². The Hall–Kier alpha value is -2.85. The Labute approximate surface area is 205 Å². The molecule has 7 nitrogen and oxygen atoms in total. The molecule has 5 rings (SSSR count). The van der Waals surface area contributed by atoms with Crippen molar-refractivity contribution >= 4 is 34.5 Å². The fourth-order valence-electron chi connectivity index (χ4n) is 4.62. The van der Waals surface area contributed by atoms with E-state index in [0.29, 0.717) is 67.0 Å². The minimum Gasteiger partial charge on any atom is -0.379 e. The molecule has 1 atom stereocenters. The van der Waals surface area contributed by atoms with Gasteiger partial charge in [-0.05, 0) is 56.0 Å². The number of aromatic nitrogens is 3. The molecule has 1 aromatic carbocycles. The van der Waals surface area contributed by atoms with Crippen molar-refractivity contribution in [3.05, 3.63) is 46.6 Å². The number of benzene rings is 1. The highest BCUT2D eigenvalue weighted by Gasteiger charge is 2.32. The van der Waals surface area contributed by atoms with Crippen LogP contribution >= 0.6 is 11.6 Å². The SMILES string of the molecule is Cc1cc2nc(N3CCC(C(=O)NC4CCOC4)CC3)n(-c3ccc(C(F)(F)F)cn3)c2cc1Cl. The third-order valence-corrected chi connectivity index (χ3v) is 7.05. The van der Waals surface area contributed by atoms with E-state index >= 15 is 0 Å². The number of rotatable bonds is 4. The van der Waals surface area contributed by atoms with Crippen LogP contribution in [0.25, 0.3) is 16.9 Å². The lowest BCUT2D eigenvalue weighted by molar-refractivity contribution is -0.137. The second-order valence-electron chi connectivity index (χ2n) is 9.07. The molecule has 35 heavy (non-hydrogen) atoms. The van der Waals surface area contributed by atoms with E-state index in [1.54, 1.807) is 10.6 Å². The quantitative estimate of drug-likeness (QED) is 0.562. The van der Waals surface area contributed by atoms with Crippen LogP contribution < -0.4 is 10.2 Å². The lowest BCUT2D eigenvalue weighted by Crippen LogP contribution is -2.44. The fourth-order valence-corrected chi connectivity index (χ4v) is 4.78. The molecule has 0 radical (unpaired) electrons. The van der Waals surface area contributed by atoms with Gasteiger partial charge in [-0.2, -0.15) is 13.2 Å². The van der Waals surface area contributed by atoms with Gasteiger partial charge in [0.15, 0.2) is 0 Å². The molecule has 0 saturated carbocycles. The molecule has 2 aliphatic rings. The Bertz CT molecular complexity index is 1230. The van der Waals surface area contributed by atoms with Crippen molar-refractivity contribution < 1.29 is 22.7 Å². The average molecular weight is 508 g/mol. The van der Waals surface area contributed by atoms with Gasteiger partial charge in [0.1, 0.15) is 5.82 Å². The van der Waals surface area contributed by atoms with Crippen LogP contribution in [0.3, 0.4) is 0 Å². The first-order valence-corrected chi connectivity index (χ1v) is 11.9. The largest absolute Gasteiger partial charge is 0.417 e. The van der Waals surface area contributed by atoms with Crippen LogP contribution in [0, 0.1) is 12.8 Å². The van der Waals surface area contributed by atoms with E-state index in [1.165, 1.54) is 6.07 Å². The van der Waals surface area contributed by atoms with E-state index in [0.717, 1.165) is 24.2 Å². The third kappa shape index (κ3) is 4.81. The second kappa shape index (κ2) is 9.31. The standard InChI is InChI=1S/C24H25ClF3N5O2/c1-14-10-19-20(11-18(14)25)33(21-3-2-16(12-29-21)24(26,27)28)23(31-19)32-7-4-15(5-8-32)22(34)30-17-6-9-35-13-17/h2-3,10-12,15,17H,4-9,13H2,1H3,(H,30,34). The number of ether oxygens (including phenoxy) is 1. The summed E-state index contributed by atoms with van der Waals surface area (Å²) in [5.74, 6) is 0.819. The fraction of sp³-hybridized carbons (Fsp3) is 0.458. The summed E-state index contributed by atoms with van der Waals surface area (Å²) < 4.78 is 46.3. The number of anilines is 1. The molecule has 186 valence electrons. The van der Waals surface area contributed by atoms with Gasteiger partial charge in [0, 0.05) is 36.8 Å². The normalized spacial score (nSPS) is 19.5. The number of imidazole rings is 1. The van der Waals surface area contributed by atoms with Crippen molar-refractivity contribution in [1.29, 1.82) is 0 Å². The van der Waals surface area contributed by atoms with E-state index in [-0.39, 0.29) is 17.9 Å². The van der Waals surface area contributed by atoms with Gasteiger partial charge in [-0.1, -0.05) is 11.6 Å². The van der Waals surface area contributed by atoms with E-state index in [1.807, 2.05) is 17.9 Å². The van der Waals surface area contributed by atoms with Crippen molar-refractivity contribution in [2.24, 2.45) is 5.92 Å². The van der Waals surface area contributed by atoms with Crippen LogP contribution in [0.4, 0.5) is 19.1 Å². The number of hydrogen-bond acceptors (Lipinski definition) is 5. The summed E-state index contributed by atoms with van der Waals surface area (Å²) >= 11 is 6.37. The van der Waals surface area contributed by atoms with Crippen molar-refractivity contribution in [2.75, 3.05) is 31.2 Å². The predicted octanol–water partition coefficient (Wildman–Crippen LogP) is 4.52. The molecule has 2 saturated heterocycles. The number of pyridine rings is 1. The maximum atomic E-state index is 13.1. The lowest BCUT2D eigenvalue weighted by atomic mass is 9.95.